The molecule has 0 saturated carbocycles. The van der Waals surface area contributed by atoms with Gasteiger partial charge in [-0.15, -0.1) is 0 Å². The first kappa shape index (κ1) is 17.0. The lowest BCUT2D eigenvalue weighted by Crippen LogP contribution is -2.37. The van der Waals surface area contributed by atoms with Crippen LogP contribution in [0, 0.1) is 5.92 Å². The van der Waals surface area contributed by atoms with E-state index < -0.39 is 0 Å². The zero-order valence-corrected chi connectivity index (χ0v) is 15.1. The van der Waals surface area contributed by atoms with Gasteiger partial charge in [0.1, 0.15) is 5.82 Å². The van der Waals surface area contributed by atoms with E-state index in [1.165, 1.54) is 29.0 Å². The molecule has 0 aromatic carbocycles. The van der Waals surface area contributed by atoms with Gasteiger partial charge in [0, 0.05) is 27.2 Å². The molecule has 132 valence electrons. The van der Waals surface area contributed by atoms with E-state index in [0.29, 0.717) is 17.1 Å². The van der Waals surface area contributed by atoms with Gasteiger partial charge in [-0.2, -0.15) is 0 Å². The summed E-state index contributed by atoms with van der Waals surface area (Å²) in [6, 6.07) is 0. The number of imidazole rings is 1. The molecule has 2 aromatic heterocycles. The molecule has 0 radical (unpaired) electrons. The highest BCUT2D eigenvalue weighted by Crippen LogP contribution is 2.19. The molecule has 1 aliphatic rings. The topological polar surface area (TPSA) is 65.1 Å². The maximum absolute atomic E-state index is 12.6. The first-order valence-electron chi connectivity index (χ1n) is 8.81. The Hall–Kier alpha value is -1.89. The highest BCUT2D eigenvalue weighted by atomic mass is 16.2. The number of likely N-dealkylation sites (tertiary alicyclic amines) is 1. The Morgan fingerprint density at radius 1 is 1.21 bits per heavy atom. The number of rotatable bonds is 4. The van der Waals surface area contributed by atoms with Crippen molar-refractivity contribution in [3.8, 4) is 0 Å². The Morgan fingerprint density at radius 2 is 1.96 bits per heavy atom. The molecule has 0 unspecified atom stereocenters. The average molecular weight is 333 g/mol. The largest absolute Gasteiger partial charge is 0.332 e. The van der Waals surface area contributed by atoms with Gasteiger partial charge in [-0.1, -0.05) is 13.8 Å². The van der Waals surface area contributed by atoms with Crippen LogP contribution in [0.2, 0.25) is 0 Å². The van der Waals surface area contributed by atoms with Crippen LogP contribution >= 0.6 is 0 Å². The number of piperidine rings is 1. The second kappa shape index (κ2) is 6.55. The van der Waals surface area contributed by atoms with Crippen molar-refractivity contribution in [2.24, 2.45) is 20.0 Å². The molecule has 7 heteroatoms. The van der Waals surface area contributed by atoms with Crippen LogP contribution in [0.25, 0.3) is 11.2 Å². The maximum Gasteiger partial charge on any atom is 0.332 e. The van der Waals surface area contributed by atoms with Crippen LogP contribution in [-0.4, -0.2) is 36.7 Å². The van der Waals surface area contributed by atoms with Gasteiger partial charge < -0.3 is 4.57 Å². The Balaban J connectivity index is 2.12. The van der Waals surface area contributed by atoms with E-state index in [0.717, 1.165) is 38.4 Å². The predicted molar refractivity (Wildman–Crippen MR) is 94.2 cm³/mol. The van der Waals surface area contributed by atoms with E-state index in [1.54, 1.807) is 7.05 Å². The lowest BCUT2D eigenvalue weighted by atomic mass is 10.0. The number of aryl methyl sites for hydroxylation is 2. The second-order valence-electron chi connectivity index (χ2n) is 7.04. The van der Waals surface area contributed by atoms with Crippen molar-refractivity contribution < 1.29 is 0 Å². The Bertz CT molecular complexity index is 860. The summed E-state index contributed by atoms with van der Waals surface area (Å²) in [6.45, 7) is 7.97. The molecule has 24 heavy (non-hydrogen) atoms. The third-order valence-corrected chi connectivity index (χ3v) is 4.98. The summed E-state index contributed by atoms with van der Waals surface area (Å²) in [7, 11) is 3.21. The molecule has 0 aliphatic carbocycles. The number of hydrogen-bond acceptors (Lipinski definition) is 4. The third kappa shape index (κ3) is 2.81. The molecule has 0 amide bonds. The minimum atomic E-state index is -0.327. The van der Waals surface area contributed by atoms with Crippen LogP contribution in [-0.2, 0) is 27.2 Å². The molecule has 1 fully saturated rings. The van der Waals surface area contributed by atoms with Gasteiger partial charge in [-0.05, 0) is 31.7 Å². The molecule has 3 rings (SSSR count). The SMILES string of the molecule is CCCn1c(CN2CCC[C@@H](C)C2)nc2c1c(=O)n(C)c(=O)n2C. The molecule has 1 saturated heterocycles. The van der Waals surface area contributed by atoms with Crippen LogP contribution in [0.5, 0.6) is 0 Å². The van der Waals surface area contributed by atoms with E-state index >= 15 is 0 Å². The van der Waals surface area contributed by atoms with Gasteiger partial charge in [-0.3, -0.25) is 18.8 Å². The maximum atomic E-state index is 12.6. The van der Waals surface area contributed by atoms with Crippen LogP contribution in [0.15, 0.2) is 9.59 Å². The van der Waals surface area contributed by atoms with Crippen molar-refractivity contribution >= 4 is 11.2 Å². The van der Waals surface area contributed by atoms with Gasteiger partial charge >= 0.3 is 5.69 Å². The van der Waals surface area contributed by atoms with Gasteiger partial charge in [0.05, 0.1) is 6.54 Å². The summed E-state index contributed by atoms with van der Waals surface area (Å²) in [5, 5.41) is 0. The van der Waals surface area contributed by atoms with E-state index in [1.807, 2.05) is 4.57 Å². The van der Waals surface area contributed by atoms with Crippen LogP contribution < -0.4 is 11.2 Å². The fourth-order valence-corrected chi connectivity index (χ4v) is 3.71. The van der Waals surface area contributed by atoms with Crippen LogP contribution in [0.4, 0.5) is 0 Å². The Kier molecular flexibility index (Phi) is 4.62. The molecule has 0 spiro atoms. The zero-order chi connectivity index (χ0) is 17.4. The van der Waals surface area contributed by atoms with Gasteiger partial charge in [-0.25, -0.2) is 9.78 Å². The fourth-order valence-electron chi connectivity index (χ4n) is 3.71. The van der Waals surface area contributed by atoms with E-state index in [2.05, 4.69) is 23.7 Å². The summed E-state index contributed by atoms with van der Waals surface area (Å²) < 4.78 is 4.66. The zero-order valence-electron chi connectivity index (χ0n) is 15.1. The monoisotopic (exact) mass is 333 g/mol. The summed E-state index contributed by atoms with van der Waals surface area (Å²) in [5.41, 5.74) is 0.456. The molecular formula is C17H27N5O2. The van der Waals surface area contributed by atoms with E-state index in [-0.39, 0.29) is 11.2 Å². The van der Waals surface area contributed by atoms with Crippen LogP contribution in [0.3, 0.4) is 0 Å². The number of hydrogen-bond donors (Lipinski definition) is 0. The Morgan fingerprint density at radius 3 is 2.62 bits per heavy atom. The minimum absolute atomic E-state index is 0.257. The average Bonchev–Trinajstić information content (AvgIpc) is 2.90. The van der Waals surface area contributed by atoms with Crippen LogP contribution in [0.1, 0.15) is 38.9 Å². The highest BCUT2D eigenvalue weighted by Gasteiger charge is 2.22. The molecular weight excluding hydrogens is 306 g/mol. The summed E-state index contributed by atoms with van der Waals surface area (Å²) >= 11 is 0. The fraction of sp³-hybridized carbons (Fsp3) is 0.706. The third-order valence-electron chi connectivity index (χ3n) is 4.98. The predicted octanol–water partition coefficient (Wildman–Crippen LogP) is 1.08. The molecule has 7 nitrogen and oxygen atoms in total. The van der Waals surface area contributed by atoms with Crippen molar-refractivity contribution in [3.63, 3.8) is 0 Å². The summed E-state index contributed by atoms with van der Waals surface area (Å²) in [4.78, 5) is 31.9. The molecule has 1 aliphatic heterocycles. The standard InChI is InChI=1S/C17H27N5O2/c1-5-8-22-13(11-21-9-6-7-12(2)10-21)18-15-14(22)16(23)20(4)17(24)19(15)3/h12H,5-11H2,1-4H3/t12-/m1/s1. The number of nitrogens with zero attached hydrogens (tertiary/aromatic N) is 5. The molecule has 2 aromatic rings. The van der Waals surface area contributed by atoms with Gasteiger partial charge in [0.25, 0.3) is 5.56 Å². The van der Waals surface area contributed by atoms with Gasteiger partial charge in [0.2, 0.25) is 0 Å². The van der Waals surface area contributed by atoms with Crippen molar-refractivity contribution in [1.29, 1.82) is 0 Å². The lowest BCUT2D eigenvalue weighted by molar-refractivity contribution is 0.171. The summed E-state index contributed by atoms with van der Waals surface area (Å²) in [6.07, 6.45) is 3.40. The minimum Gasteiger partial charge on any atom is -0.321 e. The van der Waals surface area contributed by atoms with Crippen molar-refractivity contribution in [1.82, 2.24) is 23.6 Å². The van der Waals surface area contributed by atoms with E-state index in [4.69, 9.17) is 0 Å². The highest BCUT2D eigenvalue weighted by molar-refractivity contribution is 5.71. The number of aromatic nitrogens is 4. The van der Waals surface area contributed by atoms with E-state index in [9.17, 15) is 9.59 Å². The quantitative estimate of drug-likeness (QED) is 0.840. The first-order chi connectivity index (χ1) is 11.4. The molecule has 1 atom stereocenters. The normalized spacial score (nSPS) is 19.2. The number of fused-ring (bicyclic) bond motifs is 1. The lowest BCUT2D eigenvalue weighted by Gasteiger charge is -2.30. The first-order valence-corrected chi connectivity index (χ1v) is 8.81. The summed E-state index contributed by atoms with van der Waals surface area (Å²) in [5.74, 6) is 1.58. The van der Waals surface area contributed by atoms with Crippen molar-refractivity contribution in [2.45, 2.75) is 46.2 Å². The smallest absolute Gasteiger partial charge is 0.321 e. The molecule has 0 bridgehead atoms. The van der Waals surface area contributed by atoms with Crippen molar-refractivity contribution in [2.75, 3.05) is 13.1 Å². The van der Waals surface area contributed by atoms with Gasteiger partial charge in [0.15, 0.2) is 11.2 Å². The second-order valence-corrected chi connectivity index (χ2v) is 7.04. The Labute approximate surface area is 141 Å². The molecule has 0 N–H and O–H groups in total. The molecule has 3 heterocycles. The van der Waals surface area contributed by atoms with Crippen molar-refractivity contribution in [3.05, 3.63) is 26.7 Å².